The van der Waals surface area contributed by atoms with Crippen molar-refractivity contribution in [2.24, 2.45) is 11.8 Å². The number of rotatable bonds is 4. The number of halogens is 1. The van der Waals surface area contributed by atoms with Gasteiger partial charge < -0.3 is 19.5 Å². The molecule has 0 radical (unpaired) electrons. The van der Waals surface area contributed by atoms with E-state index in [1.54, 1.807) is 48.5 Å². The quantitative estimate of drug-likeness (QED) is 0.754. The van der Waals surface area contributed by atoms with Crippen molar-refractivity contribution in [1.82, 2.24) is 4.90 Å². The van der Waals surface area contributed by atoms with E-state index >= 15 is 0 Å². The maximum Gasteiger partial charge on any atom is 0.337 e. The highest BCUT2D eigenvalue weighted by molar-refractivity contribution is 6.30. The van der Waals surface area contributed by atoms with Crippen LogP contribution in [0.5, 0.6) is 5.75 Å². The third kappa shape index (κ3) is 4.30. The summed E-state index contributed by atoms with van der Waals surface area (Å²) in [7, 11) is 1.34. The molecule has 1 saturated carbocycles. The van der Waals surface area contributed by atoms with Crippen LogP contribution in [0.25, 0.3) is 0 Å². The Balaban J connectivity index is 1.39. The zero-order valence-corrected chi connectivity index (χ0v) is 17.4. The van der Waals surface area contributed by atoms with Gasteiger partial charge in [-0.15, -0.1) is 0 Å². The van der Waals surface area contributed by atoms with Gasteiger partial charge in [0.1, 0.15) is 11.9 Å². The number of fused-ring (bicyclic) bond motifs is 1. The van der Waals surface area contributed by atoms with Crippen molar-refractivity contribution < 1.29 is 24.2 Å². The van der Waals surface area contributed by atoms with Gasteiger partial charge in [0.15, 0.2) is 0 Å². The number of likely N-dealkylation sites (tertiary alicyclic amines) is 1. The Labute approximate surface area is 180 Å². The van der Waals surface area contributed by atoms with Gasteiger partial charge >= 0.3 is 5.97 Å². The molecule has 1 aliphatic carbocycles. The highest BCUT2D eigenvalue weighted by Crippen LogP contribution is 2.38. The first-order valence-corrected chi connectivity index (χ1v) is 10.4. The zero-order valence-electron chi connectivity index (χ0n) is 16.7. The Morgan fingerprint density at radius 1 is 0.967 bits per heavy atom. The average Bonchev–Trinajstić information content (AvgIpc) is 3.16. The number of amides is 1. The molecule has 0 aromatic heterocycles. The smallest absolute Gasteiger partial charge is 0.337 e. The molecule has 1 heterocycles. The summed E-state index contributed by atoms with van der Waals surface area (Å²) in [5.74, 6) is 0.726. The maximum atomic E-state index is 12.8. The molecule has 1 amide bonds. The van der Waals surface area contributed by atoms with Crippen molar-refractivity contribution in [2.75, 3.05) is 20.2 Å². The second-order valence-corrected chi connectivity index (χ2v) is 8.38. The van der Waals surface area contributed by atoms with Crippen LogP contribution in [0.15, 0.2) is 48.5 Å². The molecule has 1 aliphatic heterocycles. The number of benzene rings is 2. The Bertz CT molecular complexity index is 914. The predicted molar refractivity (Wildman–Crippen MR) is 112 cm³/mol. The Morgan fingerprint density at radius 3 is 2.20 bits per heavy atom. The van der Waals surface area contributed by atoms with E-state index in [4.69, 9.17) is 21.1 Å². The van der Waals surface area contributed by atoms with E-state index in [1.807, 2.05) is 4.90 Å². The van der Waals surface area contributed by atoms with E-state index in [2.05, 4.69) is 0 Å². The molecular weight excluding hydrogens is 406 g/mol. The minimum atomic E-state index is -0.600. The van der Waals surface area contributed by atoms with Gasteiger partial charge in [-0.3, -0.25) is 4.79 Å². The molecule has 30 heavy (non-hydrogen) atoms. The van der Waals surface area contributed by atoms with Crippen LogP contribution in [0.4, 0.5) is 0 Å². The van der Waals surface area contributed by atoms with Crippen molar-refractivity contribution in [1.29, 1.82) is 0 Å². The lowest BCUT2D eigenvalue weighted by molar-refractivity contribution is -0.0231. The molecule has 4 rings (SSSR count). The van der Waals surface area contributed by atoms with Gasteiger partial charge in [0, 0.05) is 23.7 Å². The molecule has 2 aromatic carbocycles. The molecule has 4 atom stereocenters. The van der Waals surface area contributed by atoms with Crippen molar-refractivity contribution in [3.05, 3.63) is 64.7 Å². The topological polar surface area (TPSA) is 76.1 Å². The summed E-state index contributed by atoms with van der Waals surface area (Å²) in [5, 5.41) is 11.2. The molecule has 2 aliphatic rings. The van der Waals surface area contributed by atoms with Gasteiger partial charge in [-0.2, -0.15) is 0 Å². The summed E-state index contributed by atoms with van der Waals surface area (Å²) in [4.78, 5) is 26.2. The highest BCUT2D eigenvalue weighted by atomic mass is 35.5. The van der Waals surface area contributed by atoms with Crippen LogP contribution >= 0.6 is 11.6 Å². The summed E-state index contributed by atoms with van der Waals surface area (Å²) in [5.41, 5.74) is 1.07. The van der Waals surface area contributed by atoms with Crippen LogP contribution in [0.1, 0.15) is 33.6 Å². The Morgan fingerprint density at radius 2 is 1.57 bits per heavy atom. The number of carbonyl (C=O) groups is 2. The Hall–Kier alpha value is -2.57. The fourth-order valence-corrected chi connectivity index (χ4v) is 4.55. The lowest BCUT2D eigenvalue weighted by Crippen LogP contribution is -2.42. The average molecular weight is 430 g/mol. The number of hydrogen-bond donors (Lipinski definition) is 1. The van der Waals surface area contributed by atoms with E-state index in [0.717, 1.165) is 0 Å². The second kappa shape index (κ2) is 8.66. The Kier molecular flexibility index (Phi) is 5.97. The minimum Gasteiger partial charge on any atom is -0.488 e. The molecule has 7 heteroatoms. The number of nitrogens with zero attached hydrogens (tertiary/aromatic N) is 1. The van der Waals surface area contributed by atoms with Crippen molar-refractivity contribution in [3.63, 3.8) is 0 Å². The number of aliphatic hydroxyl groups is 1. The van der Waals surface area contributed by atoms with Crippen molar-refractivity contribution in [2.45, 2.75) is 25.0 Å². The summed E-state index contributed by atoms with van der Waals surface area (Å²) in [6, 6.07) is 13.6. The minimum absolute atomic E-state index is 0.00794. The van der Waals surface area contributed by atoms with E-state index in [9.17, 15) is 14.7 Å². The molecule has 2 fully saturated rings. The van der Waals surface area contributed by atoms with Crippen LogP contribution in [-0.2, 0) is 4.74 Å². The van der Waals surface area contributed by atoms with Crippen LogP contribution in [0, 0.1) is 11.8 Å². The highest BCUT2D eigenvalue weighted by Gasteiger charge is 2.44. The van der Waals surface area contributed by atoms with Gasteiger partial charge in [0.2, 0.25) is 0 Å². The SMILES string of the molecule is COC(=O)c1ccc(O[C@@H]2C[C@@H]3CN(C(=O)c4ccc(Cl)cc4)C[C@@H]3C[C@H]2O)cc1. The van der Waals surface area contributed by atoms with E-state index < -0.39 is 12.1 Å². The largest absolute Gasteiger partial charge is 0.488 e. The number of carbonyl (C=O) groups excluding carboxylic acids is 2. The summed E-state index contributed by atoms with van der Waals surface area (Å²) in [6.45, 7) is 1.30. The summed E-state index contributed by atoms with van der Waals surface area (Å²) < 4.78 is 10.7. The molecule has 0 spiro atoms. The lowest BCUT2D eigenvalue weighted by atomic mass is 9.78. The fraction of sp³-hybridized carbons (Fsp3) is 0.391. The molecule has 1 saturated heterocycles. The normalized spacial score (nSPS) is 25.5. The standard InChI is InChI=1S/C23H24ClNO5/c1-29-23(28)15-4-8-19(9-5-15)30-21-11-17-13-25(12-16(17)10-20(21)26)22(27)14-2-6-18(24)7-3-14/h2-9,16-17,20-21,26H,10-13H2,1H3/t16-,17+,20+,21+/m0/s1. The van der Waals surface area contributed by atoms with Crippen LogP contribution in [0.3, 0.4) is 0 Å². The van der Waals surface area contributed by atoms with Crippen molar-refractivity contribution >= 4 is 23.5 Å². The summed E-state index contributed by atoms with van der Waals surface area (Å²) >= 11 is 5.92. The lowest BCUT2D eigenvalue weighted by Gasteiger charge is -2.35. The predicted octanol–water partition coefficient (Wildman–Crippen LogP) is 3.42. The van der Waals surface area contributed by atoms with E-state index in [0.29, 0.717) is 47.8 Å². The first-order valence-electron chi connectivity index (χ1n) is 10.0. The van der Waals surface area contributed by atoms with E-state index in [1.165, 1.54) is 7.11 Å². The number of aliphatic hydroxyl groups excluding tert-OH is 1. The first kappa shape index (κ1) is 20.7. The molecule has 158 valence electrons. The van der Waals surface area contributed by atoms with Crippen LogP contribution in [0.2, 0.25) is 5.02 Å². The fourth-order valence-electron chi connectivity index (χ4n) is 4.42. The van der Waals surface area contributed by atoms with Gasteiger partial charge in [-0.1, -0.05) is 11.6 Å². The van der Waals surface area contributed by atoms with Gasteiger partial charge in [-0.25, -0.2) is 4.79 Å². The number of ether oxygens (including phenoxy) is 2. The molecule has 0 bridgehead atoms. The monoisotopic (exact) mass is 429 g/mol. The molecular formula is C23H24ClNO5. The molecule has 6 nitrogen and oxygen atoms in total. The van der Waals surface area contributed by atoms with Gasteiger partial charge in [0.05, 0.1) is 18.8 Å². The van der Waals surface area contributed by atoms with Crippen molar-refractivity contribution in [3.8, 4) is 5.75 Å². The second-order valence-electron chi connectivity index (χ2n) is 7.95. The molecule has 1 N–H and O–H groups in total. The van der Waals surface area contributed by atoms with Gasteiger partial charge in [0.25, 0.3) is 5.91 Å². The third-order valence-electron chi connectivity index (χ3n) is 6.03. The number of hydrogen-bond acceptors (Lipinski definition) is 5. The van der Waals surface area contributed by atoms with Crippen LogP contribution in [-0.4, -0.2) is 54.3 Å². The zero-order chi connectivity index (χ0) is 21.3. The number of methoxy groups -OCH3 is 1. The maximum absolute atomic E-state index is 12.8. The van der Waals surface area contributed by atoms with E-state index in [-0.39, 0.29) is 23.8 Å². The van der Waals surface area contributed by atoms with Gasteiger partial charge in [-0.05, 0) is 73.2 Å². The molecule has 2 aromatic rings. The van der Waals surface area contributed by atoms with Crippen LogP contribution < -0.4 is 4.74 Å². The third-order valence-corrected chi connectivity index (χ3v) is 6.28. The summed E-state index contributed by atoms with van der Waals surface area (Å²) in [6.07, 6.45) is 0.326. The number of esters is 1. The molecule has 0 unspecified atom stereocenters. The first-order chi connectivity index (χ1) is 14.4.